The molecule has 0 aliphatic heterocycles. The van der Waals surface area contributed by atoms with E-state index >= 15 is 52.7 Å². The Morgan fingerprint density at radius 1 is 0.212 bits per heavy atom. The van der Waals surface area contributed by atoms with Crippen molar-refractivity contribution in [1.82, 2.24) is 0 Å². The molecule has 4 saturated carbocycles. The van der Waals surface area contributed by atoms with Crippen LogP contribution in [0.2, 0.25) is 0 Å². The third-order valence-electron chi connectivity index (χ3n) is 9.57. The minimum atomic E-state index is -10.4. The quantitative estimate of drug-likeness (QED) is 0.103. The SMILES string of the molecule is OC(F)(F)C(O)(F)C(F)(F)OC12C(F)(F)C3(OC(F)(F)C(O)(F)C(O)(F)F)C(F)(F)C(OC(F)(F)C(O)(F)C(O)(F)F)(C1(F)F)C(F)(F)C(OC(F)(F)C(O)(F)C(O)(F)F)(C2(F)F)C3(F)F. The van der Waals surface area contributed by atoms with E-state index < -0.39 is 130 Å². The normalized spacial score (nSPS) is 34.5. The Labute approximate surface area is 331 Å². The molecule has 0 heterocycles. The molecule has 0 saturated heterocycles. The van der Waals surface area contributed by atoms with Gasteiger partial charge in [0.25, 0.3) is 22.4 Å². The van der Waals surface area contributed by atoms with Crippen molar-refractivity contribution in [3.05, 3.63) is 0 Å². The molecule has 4 atom stereocenters. The summed E-state index contributed by atoms with van der Waals surface area (Å²) in [5, 5.41) is 67.3. The maximum Gasteiger partial charge on any atom is 0.424 e. The van der Waals surface area contributed by atoms with Crippen LogP contribution in [0.3, 0.4) is 0 Å². The molecular formula is C22H8F32O12. The van der Waals surface area contributed by atoms with Crippen molar-refractivity contribution < 1.29 is 200 Å². The summed E-state index contributed by atoms with van der Waals surface area (Å²) < 4.78 is 486. The van der Waals surface area contributed by atoms with Crippen LogP contribution in [0.4, 0.5) is 140 Å². The fourth-order valence-corrected chi connectivity index (χ4v) is 6.36. The first-order chi connectivity index (χ1) is 27.8. The highest BCUT2D eigenvalue weighted by atomic mass is 19.4. The summed E-state index contributed by atoms with van der Waals surface area (Å²) in [6, 6.07) is 0. The van der Waals surface area contributed by atoms with Crippen molar-refractivity contribution in [2.24, 2.45) is 0 Å². The molecule has 0 aromatic heterocycles. The highest BCUT2D eigenvalue weighted by Crippen LogP contribution is 2.90. The average molecular weight is 1070 g/mol. The van der Waals surface area contributed by atoms with E-state index in [4.69, 9.17) is 40.9 Å². The molecule has 4 rings (SSSR count). The van der Waals surface area contributed by atoms with Crippen LogP contribution in [-0.2, 0) is 18.9 Å². The van der Waals surface area contributed by atoms with E-state index in [9.17, 15) is 87.8 Å². The molecule has 8 N–H and O–H groups in total. The lowest BCUT2D eigenvalue weighted by Crippen LogP contribution is -3.13. The van der Waals surface area contributed by atoms with Gasteiger partial charge in [0.15, 0.2) is 0 Å². The monoisotopic (exact) mass is 1070 g/mol. The minimum Gasteiger partial charge on any atom is -0.348 e. The van der Waals surface area contributed by atoms with E-state index in [2.05, 4.69) is 0 Å². The zero-order valence-corrected chi connectivity index (χ0v) is 28.3. The van der Waals surface area contributed by atoms with Crippen molar-refractivity contribution in [2.75, 3.05) is 0 Å². The molecule has 4 bridgehead atoms. The molecule has 0 spiro atoms. The van der Waals surface area contributed by atoms with Crippen LogP contribution in [0, 0.1) is 0 Å². The molecule has 66 heavy (non-hydrogen) atoms. The molecule has 0 aromatic rings. The van der Waals surface area contributed by atoms with Gasteiger partial charge in [-0.05, 0) is 0 Å². The van der Waals surface area contributed by atoms with Gasteiger partial charge in [-0.1, -0.05) is 0 Å². The van der Waals surface area contributed by atoms with Crippen LogP contribution in [0.1, 0.15) is 0 Å². The van der Waals surface area contributed by atoms with Gasteiger partial charge in [0.1, 0.15) is 0 Å². The van der Waals surface area contributed by atoms with Crippen molar-refractivity contribution >= 4 is 0 Å². The third kappa shape index (κ3) is 5.50. The molecular weight excluding hydrogens is 1060 g/mol. The molecule has 4 aliphatic rings. The fraction of sp³-hybridized carbons (Fsp3) is 1.00. The lowest BCUT2D eigenvalue weighted by molar-refractivity contribution is -0.694. The Balaban J connectivity index is 3.13. The van der Waals surface area contributed by atoms with Crippen LogP contribution < -0.4 is 0 Å². The predicted molar refractivity (Wildman–Crippen MR) is 118 cm³/mol. The molecule has 4 fully saturated rings. The molecule has 4 aliphatic carbocycles. The van der Waals surface area contributed by atoms with Crippen LogP contribution in [-0.4, -0.2) is 171 Å². The maximum absolute atomic E-state index is 16.5. The zero-order valence-electron chi connectivity index (χ0n) is 28.3. The topological polar surface area (TPSA) is 199 Å². The molecule has 12 nitrogen and oxygen atoms in total. The van der Waals surface area contributed by atoms with Gasteiger partial charge in [-0.3, -0.25) is 18.9 Å². The Morgan fingerprint density at radius 2 is 0.303 bits per heavy atom. The molecule has 0 amide bonds. The standard InChI is InChI=1S/C22H8F32O12/c23-5(24)1(63-19(47,48)11(35,55)15(39,40)59)6(25,26)3(65-21(51,52)13(37,57)17(43,44)61)8(29,30)2(5,64-20(49,50)12(36,56)16(41,42)60)9(31,32)4(7(1,27)28,10(3,33)34)66-22(53,54)14(38,58)18(45,46)62/h55-62H. The summed E-state index contributed by atoms with van der Waals surface area (Å²) in [5.41, 5.74) is -41.4. The minimum absolute atomic E-state index is 1.25. The van der Waals surface area contributed by atoms with Gasteiger partial charge in [-0.2, -0.15) is 140 Å². The summed E-state index contributed by atoms with van der Waals surface area (Å²) in [6.45, 7) is 0. The van der Waals surface area contributed by atoms with Gasteiger partial charge in [0.05, 0.1) is 0 Å². The number of hydrogen-bond acceptors (Lipinski definition) is 12. The average Bonchev–Trinajstić information content (AvgIpc) is 3.02. The van der Waals surface area contributed by atoms with Crippen LogP contribution in [0.5, 0.6) is 0 Å². The fourth-order valence-electron chi connectivity index (χ4n) is 6.36. The Morgan fingerprint density at radius 3 is 0.379 bits per heavy atom. The number of rotatable bonds is 16. The van der Waals surface area contributed by atoms with Crippen molar-refractivity contribution in [2.45, 2.75) is 130 Å². The van der Waals surface area contributed by atoms with Crippen molar-refractivity contribution in [3.8, 4) is 0 Å². The second-order valence-corrected chi connectivity index (χ2v) is 13.3. The van der Waals surface area contributed by atoms with Gasteiger partial charge >= 0.3 is 108 Å². The summed E-state index contributed by atoms with van der Waals surface area (Å²) in [4.78, 5) is 0. The largest absolute Gasteiger partial charge is 0.424 e. The molecule has 44 heteroatoms. The van der Waals surface area contributed by atoms with Crippen LogP contribution in [0.25, 0.3) is 0 Å². The second kappa shape index (κ2) is 13.2. The van der Waals surface area contributed by atoms with Crippen LogP contribution >= 0.6 is 0 Å². The lowest BCUT2D eigenvalue weighted by atomic mass is 9.38. The summed E-state index contributed by atoms with van der Waals surface area (Å²) in [7, 11) is 0. The van der Waals surface area contributed by atoms with Crippen molar-refractivity contribution in [3.63, 3.8) is 0 Å². The molecule has 0 radical (unpaired) electrons. The zero-order chi connectivity index (χ0) is 53.8. The summed E-state index contributed by atoms with van der Waals surface area (Å²) in [6.07, 6.45) is -69.7. The number of halogens is 32. The first-order valence-electron chi connectivity index (χ1n) is 14.5. The Kier molecular flexibility index (Phi) is 11.5. The smallest absolute Gasteiger partial charge is 0.348 e. The molecule has 392 valence electrons. The first kappa shape index (κ1) is 57.6. The van der Waals surface area contributed by atoms with E-state index in [1.165, 1.54) is 18.9 Å². The molecule has 0 aromatic carbocycles. The van der Waals surface area contributed by atoms with Gasteiger partial charge in [-0.15, -0.1) is 0 Å². The number of hydrogen-bond donors (Lipinski definition) is 8. The second-order valence-electron chi connectivity index (χ2n) is 13.3. The lowest BCUT2D eigenvalue weighted by Gasteiger charge is -2.79. The Hall–Kier alpha value is -2.72. The highest BCUT2D eigenvalue weighted by molar-refractivity contribution is 5.55. The summed E-state index contributed by atoms with van der Waals surface area (Å²) >= 11 is 0. The molecule has 4 unspecified atom stereocenters. The van der Waals surface area contributed by atoms with Gasteiger partial charge < -0.3 is 40.9 Å². The first-order valence-corrected chi connectivity index (χ1v) is 14.5. The van der Waals surface area contributed by atoms with E-state index in [-0.39, 0.29) is 0 Å². The summed E-state index contributed by atoms with van der Waals surface area (Å²) in [5.74, 6) is -96.7. The predicted octanol–water partition coefficient (Wildman–Crippen LogP) is 4.20. The third-order valence-corrected chi connectivity index (χ3v) is 9.57. The van der Waals surface area contributed by atoms with Gasteiger partial charge in [0, 0.05) is 0 Å². The number of ether oxygens (including phenoxy) is 4. The maximum atomic E-state index is 16.5. The van der Waals surface area contributed by atoms with Crippen LogP contribution in [0.15, 0.2) is 0 Å². The number of alkyl halides is 32. The van der Waals surface area contributed by atoms with E-state index in [1.807, 2.05) is 0 Å². The van der Waals surface area contributed by atoms with E-state index in [1.54, 1.807) is 0 Å². The van der Waals surface area contributed by atoms with Gasteiger partial charge in [-0.25, -0.2) is 0 Å². The van der Waals surface area contributed by atoms with Crippen molar-refractivity contribution in [1.29, 1.82) is 0 Å². The van der Waals surface area contributed by atoms with E-state index in [0.29, 0.717) is 0 Å². The highest BCUT2D eigenvalue weighted by Gasteiger charge is 3.24. The number of aliphatic hydroxyl groups is 8. The van der Waals surface area contributed by atoms with Gasteiger partial charge in [0.2, 0.25) is 0 Å². The Bertz CT molecular complexity index is 1580. The van der Waals surface area contributed by atoms with E-state index in [0.717, 1.165) is 0 Å².